The van der Waals surface area contributed by atoms with Gasteiger partial charge in [-0.25, -0.2) is 4.39 Å². The molecule has 0 spiro atoms. The van der Waals surface area contributed by atoms with E-state index in [1.165, 1.54) is 17.8 Å². The molecule has 3 heteroatoms. The molecule has 0 saturated heterocycles. The summed E-state index contributed by atoms with van der Waals surface area (Å²) >= 11 is 1.29. The second-order valence-corrected chi connectivity index (χ2v) is 4.53. The quantitative estimate of drug-likeness (QED) is 0.712. The molecule has 1 unspecified atom stereocenters. The molecule has 1 rings (SSSR count). The van der Waals surface area contributed by atoms with Crippen molar-refractivity contribution in [2.24, 2.45) is 5.92 Å². The summed E-state index contributed by atoms with van der Waals surface area (Å²) in [7, 11) is 0. The molecule has 0 amide bonds. The van der Waals surface area contributed by atoms with Crippen LogP contribution in [0.25, 0.3) is 0 Å². The van der Waals surface area contributed by atoms with Crippen molar-refractivity contribution < 1.29 is 4.39 Å². The Morgan fingerprint density at radius 1 is 1.36 bits per heavy atom. The number of hydrogen-bond donors (Lipinski definition) is 0. The highest BCUT2D eigenvalue weighted by Gasteiger charge is 2.15. The molecule has 1 aromatic carbocycles. The van der Waals surface area contributed by atoms with Crippen molar-refractivity contribution in [3.8, 4) is 6.07 Å². The van der Waals surface area contributed by atoms with Gasteiger partial charge in [0, 0.05) is 4.90 Å². The fraction of sp³-hybridized carbons (Fsp3) is 0.364. The molecule has 0 bridgehead atoms. The Balaban J connectivity index is 2.78. The summed E-state index contributed by atoms with van der Waals surface area (Å²) in [5.41, 5.74) is 0. The van der Waals surface area contributed by atoms with E-state index in [-0.39, 0.29) is 17.0 Å². The van der Waals surface area contributed by atoms with Crippen molar-refractivity contribution in [3.05, 3.63) is 30.1 Å². The summed E-state index contributed by atoms with van der Waals surface area (Å²) in [6, 6.07) is 8.72. The first-order valence-electron chi connectivity index (χ1n) is 4.46. The van der Waals surface area contributed by atoms with E-state index in [0.717, 1.165) is 0 Å². The van der Waals surface area contributed by atoms with E-state index in [9.17, 15) is 4.39 Å². The number of thioether (sulfide) groups is 1. The lowest BCUT2D eigenvalue weighted by molar-refractivity contribution is 0.600. The molecule has 0 aliphatic rings. The van der Waals surface area contributed by atoms with E-state index in [1.54, 1.807) is 18.2 Å². The zero-order chi connectivity index (χ0) is 10.6. The standard InChI is InChI=1S/C11H12FNS/c1-8(2)11(7-13)14-10-6-4-3-5-9(10)12/h3-6,8,11H,1-2H3. The predicted molar refractivity (Wildman–Crippen MR) is 56.5 cm³/mol. The molecule has 0 N–H and O–H groups in total. The number of nitrogens with zero attached hydrogens (tertiary/aromatic N) is 1. The normalized spacial score (nSPS) is 12.5. The van der Waals surface area contributed by atoms with Gasteiger partial charge in [0.2, 0.25) is 0 Å². The van der Waals surface area contributed by atoms with Crippen molar-refractivity contribution in [1.29, 1.82) is 5.26 Å². The first-order chi connectivity index (χ1) is 6.65. The lowest BCUT2D eigenvalue weighted by Gasteiger charge is -2.12. The average Bonchev–Trinajstić information content (AvgIpc) is 2.16. The van der Waals surface area contributed by atoms with Gasteiger partial charge in [0.1, 0.15) is 5.82 Å². The Labute approximate surface area is 87.9 Å². The molecule has 0 saturated carbocycles. The van der Waals surface area contributed by atoms with Gasteiger partial charge >= 0.3 is 0 Å². The van der Waals surface area contributed by atoms with Crippen LogP contribution < -0.4 is 0 Å². The highest BCUT2D eigenvalue weighted by molar-refractivity contribution is 8.00. The summed E-state index contributed by atoms with van der Waals surface area (Å²) in [6.45, 7) is 3.92. The molecule has 14 heavy (non-hydrogen) atoms. The topological polar surface area (TPSA) is 23.8 Å². The van der Waals surface area contributed by atoms with E-state index in [4.69, 9.17) is 5.26 Å². The van der Waals surface area contributed by atoms with E-state index in [0.29, 0.717) is 4.90 Å². The van der Waals surface area contributed by atoms with E-state index < -0.39 is 0 Å². The third-order valence-corrected chi connectivity index (χ3v) is 3.31. The first-order valence-corrected chi connectivity index (χ1v) is 5.34. The van der Waals surface area contributed by atoms with Crippen LogP contribution in [0.15, 0.2) is 29.2 Å². The van der Waals surface area contributed by atoms with Gasteiger partial charge in [-0.15, -0.1) is 11.8 Å². The largest absolute Gasteiger partial charge is 0.206 e. The van der Waals surface area contributed by atoms with Crippen molar-refractivity contribution in [1.82, 2.24) is 0 Å². The fourth-order valence-electron chi connectivity index (χ4n) is 0.989. The van der Waals surface area contributed by atoms with Crippen LogP contribution in [0.2, 0.25) is 0 Å². The Morgan fingerprint density at radius 3 is 2.50 bits per heavy atom. The second kappa shape index (κ2) is 5.02. The summed E-state index contributed by atoms with van der Waals surface area (Å²) in [6.07, 6.45) is 0. The molecule has 0 fully saturated rings. The van der Waals surface area contributed by atoms with Gasteiger partial charge in [0.25, 0.3) is 0 Å². The zero-order valence-corrected chi connectivity index (χ0v) is 9.01. The lowest BCUT2D eigenvalue weighted by atomic mass is 10.1. The van der Waals surface area contributed by atoms with Crippen LogP contribution >= 0.6 is 11.8 Å². The Morgan fingerprint density at radius 2 is 2.00 bits per heavy atom. The number of nitriles is 1. The molecule has 0 radical (unpaired) electrons. The highest BCUT2D eigenvalue weighted by Crippen LogP contribution is 2.29. The smallest absolute Gasteiger partial charge is 0.136 e. The van der Waals surface area contributed by atoms with E-state index >= 15 is 0 Å². The Bertz CT molecular complexity index is 343. The van der Waals surface area contributed by atoms with Crippen LogP contribution in [0.3, 0.4) is 0 Å². The van der Waals surface area contributed by atoms with Crippen LogP contribution in [-0.4, -0.2) is 5.25 Å². The molecular formula is C11H12FNS. The predicted octanol–water partition coefficient (Wildman–Crippen LogP) is 3.47. The lowest BCUT2D eigenvalue weighted by Crippen LogP contribution is -2.08. The summed E-state index contributed by atoms with van der Waals surface area (Å²) in [5, 5.41) is 8.67. The van der Waals surface area contributed by atoms with Crippen LogP contribution in [0.5, 0.6) is 0 Å². The minimum absolute atomic E-state index is 0.188. The fourth-order valence-corrected chi connectivity index (χ4v) is 1.92. The molecule has 1 nitrogen and oxygen atoms in total. The zero-order valence-electron chi connectivity index (χ0n) is 8.20. The minimum Gasteiger partial charge on any atom is -0.206 e. The first kappa shape index (κ1) is 11.1. The molecule has 74 valence electrons. The highest BCUT2D eigenvalue weighted by atomic mass is 32.2. The van der Waals surface area contributed by atoms with Gasteiger partial charge < -0.3 is 0 Å². The number of hydrogen-bond acceptors (Lipinski definition) is 2. The molecule has 0 aromatic heterocycles. The Hall–Kier alpha value is -1.01. The van der Waals surface area contributed by atoms with E-state index in [1.807, 2.05) is 13.8 Å². The summed E-state index contributed by atoms with van der Waals surface area (Å²) in [5.74, 6) is -0.0250. The van der Waals surface area contributed by atoms with Crippen molar-refractivity contribution >= 4 is 11.8 Å². The van der Waals surface area contributed by atoms with Gasteiger partial charge in [-0.2, -0.15) is 5.26 Å². The molecule has 1 aromatic rings. The number of rotatable bonds is 3. The van der Waals surface area contributed by atoms with E-state index in [2.05, 4.69) is 6.07 Å². The van der Waals surface area contributed by atoms with Gasteiger partial charge in [-0.05, 0) is 18.1 Å². The molecule has 0 heterocycles. The van der Waals surface area contributed by atoms with Crippen LogP contribution in [0, 0.1) is 23.1 Å². The Kier molecular flexibility index (Phi) is 3.97. The maximum atomic E-state index is 13.2. The van der Waals surface area contributed by atoms with Gasteiger partial charge in [-0.3, -0.25) is 0 Å². The molecule has 1 atom stereocenters. The second-order valence-electron chi connectivity index (χ2n) is 3.34. The van der Waals surface area contributed by atoms with Crippen LogP contribution in [-0.2, 0) is 0 Å². The van der Waals surface area contributed by atoms with Crippen LogP contribution in [0.1, 0.15) is 13.8 Å². The number of benzene rings is 1. The maximum absolute atomic E-state index is 13.2. The number of halogens is 1. The van der Waals surface area contributed by atoms with Gasteiger partial charge in [0.15, 0.2) is 0 Å². The van der Waals surface area contributed by atoms with Crippen molar-refractivity contribution in [2.75, 3.05) is 0 Å². The van der Waals surface area contributed by atoms with Crippen LogP contribution in [0.4, 0.5) is 4.39 Å². The SMILES string of the molecule is CC(C)C(C#N)Sc1ccccc1F. The summed E-state index contributed by atoms with van der Waals surface area (Å²) < 4.78 is 13.2. The third kappa shape index (κ3) is 2.74. The maximum Gasteiger partial charge on any atom is 0.136 e. The molecule has 0 aliphatic carbocycles. The monoisotopic (exact) mass is 209 g/mol. The summed E-state index contributed by atoms with van der Waals surface area (Å²) in [4.78, 5) is 0.549. The van der Waals surface area contributed by atoms with Gasteiger partial charge in [-0.1, -0.05) is 26.0 Å². The molecular weight excluding hydrogens is 197 g/mol. The minimum atomic E-state index is -0.251. The van der Waals surface area contributed by atoms with Crippen molar-refractivity contribution in [2.45, 2.75) is 24.0 Å². The van der Waals surface area contributed by atoms with Gasteiger partial charge in [0.05, 0.1) is 11.3 Å². The molecule has 0 aliphatic heterocycles. The average molecular weight is 209 g/mol. The van der Waals surface area contributed by atoms with Crippen molar-refractivity contribution in [3.63, 3.8) is 0 Å². The third-order valence-electron chi connectivity index (χ3n) is 1.82.